The van der Waals surface area contributed by atoms with Gasteiger partial charge in [-0.3, -0.25) is 9.78 Å². The number of fused-ring (bicyclic) bond motifs is 2. The SMILES string of the molecule is O=C(Nc1cnc2sc(CO)nc2c1)c1cc2ccc(C(F)(F)F)cc2n1Cc1ccccn1. The molecule has 11 heteroatoms. The highest BCUT2D eigenvalue weighted by Gasteiger charge is 2.31. The predicted molar refractivity (Wildman–Crippen MR) is 122 cm³/mol. The number of aliphatic hydroxyl groups excluding tert-OH is 1. The highest BCUT2D eigenvalue weighted by molar-refractivity contribution is 7.18. The van der Waals surface area contributed by atoms with E-state index in [-0.39, 0.29) is 24.4 Å². The van der Waals surface area contributed by atoms with Crippen molar-refractivity contribution < 1.29 is 23.1 Å². The Bertz CT molecular complexity index is 1510. The number of anilines is 1. The normalized spacial score (nSPS) is 11.9. The zero-order valence-electron chi connectivity index (χ0n) is 17.4. The van der Waals surface area contributed by atoms with E-state index in [2.05, 4.69) is 20.3 Å². The molecule has 34 heavy (non-hydrogen) atoms. The van der Waals surface area contributed by atoms with Crippen LogP contribution in [0.3, 0.4) is 0 Å². The van der Waals surface area contributed by atoms with Gasteiger partial charge in [-0.2, -0.15) is 13.2 Å². The summed E-state index contributed by atoms with van der Waals surface area (Å²) in [6.45, 7) is -0.103. The minimum Gasteiger partial charge on any atom is -0.389 e. The Morgan fingerprint density at radius 2 is 1.97 bits per heavy atom. The lowest BCUT2D eigenvalue weighted by Crippen LogP contribution is -2.18. The van der Waals surface area contributed by atoms with Crippen molar-refractivity contribution in [2.75, 3.05) is 5.32 Å². The number of benzene rings is 1. The van der Waals surface area contributed by atoms with Crippen molar-refractivity contribution in [3.63, 3.8) is 0 Å². The first-order valence-electron chi connectivity index (χ1n) is 10.1. The van der Waals surface area contributed by atoms with Gasteiger partial charge >= 0.3 is 6.18 Å². The molecule has 0 bridgehead atoms. The molecule has 5 aromatic rings. The molecule has 0 aliphatic rings. The van der Waals surface area contributed by atoms with Crippen LogP contribution in [0.25, 0.3) is 21.3 Å². The molecule has 0 aliphatic heterocycles. The molecule has 0 spiro atoms. The first-order chi connectivity index (χ1) is 16.3. The van der Waals surface area contributed by atoms with Gasteiger partial charge in [0.05, 0.1) is 36.3 Å². The molecular weight excluding hydrogens is 467 g/mol. The summed E-state index contributed by atoms with van der Waals surface area (Å²) in [6, 6.07) is 11.8. The largest absolute Gasteiger partial charge is 0.416 e. The third-order valence-electron chi connectivity index (χ3n) is 5.20. The number of hydrogen-bond acceptors (Lipinski definition) is 6. The van der Waals surface area contributed by atoms with E-state index in [1.807, 2.05) is 0 Å². The average Bonchev–Trinajstić information content (AvgIpc) is 3.40. The first-order valence-corrected chi connectivity index (χ1v) is 10.9. The molecule has 0 fully saturated rings. The quantitative estimate of drug-likeness (QED) is 0.373. The maximum atomic E-state index is 13.4. The van der Waals surface area contributed by atoms with Crippen LogP contribution in [-0.2, 0) is 19.3 Å². The molecule has 4 aromatic heterocycles. The van der Waals surface area contributed by atoms with Gasteiger partial charge in [-0.25, -0.2) is 9.97 Å². The van der Waals surface area contributed by atoms with Crippen molar-refractivity contribution in [2.45, 2.75) is 19.3 Å². The van der Waals surface area contributed by atoms with Gasteiger partial charge in [-0.05, 0) is 36.4 Å². The Morgan fingerprint density at radius 3 is 2.71 bits per heavy atom. The molecule has 172 valence electrons. The zero-order chi connectivity index (χ0) is 23.9. The minimum absolute atomic E-state index is 0.109. The summed E-state index contributed by atoms with van der Waals surface area (Å²) < 4.78 is 41.6. The van der Waals surface area contributed by atoms with Crippen LogP contribution in [0.15, 0.2) is 60.9 Å². The molecule has 5 rings (SSSR count). The third-order valence-corrected chi connectivity index (χ3v) is 6.16. The zero-order valence-corrected chi connectivity index (χ0v) is 18.2. The standard InChI is InChI=1S/C23H16F3N5O2S/c24-23(25,26)14-5-4-13-7-19(31(18(13)8-14)11-15-3-1-2-6-27-15)21(33)29-16-9-17-22(28-10-16)34-20(12-32)30-17/h1-10,32H,11-12H2,(H,29,33). The summed E-state index contributed by atoms with van der Waals surface area (Å²) in [4.78, 5) is 26.6. The van der Waals surface area contributed by atoms with Crippen LogP contribution in [0.1, 0.15) is 26.8 Å². The molecule has 2 N–H and O–H groups in total. The van der Waals surface area contributed by atoms with E-state index in [4.69, 9.17) is 0 Å². The molecular formula is C23H16F3N5O2S. The van der Waals surface area contributed by atoms with Crippen LogP contribution in [0.2, 0.25) is 0 Å². The molecule has 0 unspecified atom stereocenters. The number of carbonyl (C=O) groups is 1. The van der Waals surface area contributed by atoms with E-state index in [0.717, 1.165) is 12.1 Å². The molecule has 1 aromatic carbocycles. The lowest BCUT2D eigenvalue weighted by atomic mass is 10.1. The number of thiazole rings is 1. The molecule has 0 radical (unpaired) electrons. The lowest BCUT2D eigenvalue weighted by Gasteiger charge is -2.12. The Kier molecular flexibility index (Phi) is 5.50. The van der Waals surface area contributed by atoms with Crippen LogP contribution in [0.5, 0.6) is 0 Å². The summed E-state index contributed by atoms with van der Waals surface area (Å²) in [5.41, 5.74) is 1.13. The van der Waals surface area contributed by atoms with Crippen LogP contribution in [0.4, 0.5) is 18.9 Å². The molecule has 4 heterocycles. The highest BCUT2D eigenvalue weighted by Crippen LogP contribution is 2.33. The van der Waals surface area contributed by atoms with E-state index in [1.54, 1.807) is 36.5 Å². The average molecular weight is 483 g/mol. The van der Waals surface area contributed by atoms with Gasteiger partial charge in [-0.15, -0.1) is 0 Å². The van der Waals surface area contributed by atoms with E-state index in [9.17, 15) is 23.1 Å². The predicted octanol–water partition coefficient (Wildman–Crippen LogP) is 4.85. The second-order valence-electron chi connectivity index (χ2n) is 7.48. The Morgan fingerprint density at radius 1 is 1.12 bits per heavy atom. The number of carbonyl (C=O) groups excluding carboxylic acids is 1. The number of hydrogen-bond donors (Lipinski definition) is 2. The first kappa shape index (κ1) is 22.0. The summed E-state index contributed by atoms with van der Waals surface area (Å²) in [6.07, 6.45) is -1.47. The Labute approximate surface area is 194 Å². The summed E-state index contributed by atoms with van der Waals surface area (Å²) >= 11 is 1.24. The second kappa shape index (κ2) is 8.50. The van der Waals surface area contributed by atoms with E-state index < -0.39 is 17.6 Å². The van der Waals surface area contributed by atoms with Gasteiger partial charge in [0, 0.05) is 17.1 Å². The number of rotatable bonds is 5. The van der Waals surface area contributed by atoms with Crippen LogP contribution in [0, 0.1) is 0 Å². The summed E-state index contributed by atoms with van der Waals surface area (Å²) in [5.74, 6) is -0.514. The third kappa shape index (κ3) is 4.22. The van der Waals surface area contributed by atoms with Crippen molar-refractivity contribution in [1.29, 1.82) is 0 Å². The van der Waals surface area contributed by atoms with Crippen LogP contribution in [-0.4, -0.2) is 30.5 Å². The van der Waals surface area contributed by atoms with Crippen LogP contribution >= 0.6 is 11.3 Å². The number of amides is 1. The number of nitrogens with one attached hydrogen (secondary N) is 1. The molecule has 1 amide bonds. The Balaban J connectivity index is 1.55. The fourth-order valence-corrected chi connectivity index (χ4v) is 4.39. The number of alkyl halides is 3. The van der Waals surface area contributed by atoms with Crippen molar-refractivity contribution in [1.82, 2.24) is 19.5 Å². The van der Waals surface area contributed by atoms with Crippen molar-refractivity contribution in [2.24, 2.45) is 0 Å². The second-order valence-corrected chi connectivity index (χ2v) is 8.54. The number of nitrogens with zero attached hydrogens (tertiary/aromatic N) is 4. The van der Waals surface area contributed by atoms with E-state index >= 15 is 0 Å². The monoisotopic (exact) mass is 483 g/mol. The molecule has 0 saturated heterocycles. The van der Waals surface area contributed by atoms with Gasteiger partial charge in [-0.1, -0.05) is 23.5 Å². The Hall–Kier alpha value is -3.83. The number of halogens is 3. The molecule has 7 nitrogen and oxygen atoms in total. The lowest BCUT2D eigenvalue weighted by molar-refractivity contribution is -0.137. The molecule has 0 aliphatic carbocycles. The number of pyridine rings is 2. The van der Waals surface area contributed by atoms with Crippen molar-refractivity contribution in [3.8, 4) is 0 Å². The topological polar surface area (TPSA) is 92.9 Å². The summed E-state index contributed by atoms with van der Waals surface area (Å²) in [7, 11) is 0. The van der Waals surface area contributed by atoms with Gasteiger partial charge in [0.15, 0.2) is 0 Å². The maximum absolute atomic E-state index is 13.4. The van der Waals surface area contributed by atoms with Gasteiger partial charge in [0.25, 0.3) is 5.91 Å². The van der Waals surface area contributed by atoms with Crippen molar-refractivity contribution >= 4 is 44.2 Å². The summed E-state index contributed by atoms with van der Waals surface area (Å²) in [5, 5.41) is 13.0. The van der Waals surface area contributed by atoms with Crippen LogP contribution < -0.4 is 5.32 Å². The highest BCUT2D eigenvalue weighted by atomic mass is 32.1. The van der Waals surface area contributed by atoms with Gasteiger partial charge in [0.2, 0.25) is 0 Å². The van der Waals surface area contributed by atoms with Gasteiger partial charge in [0.1, 0.15) is 21.0 Å². The van der Waals surface area contributed by atoms with Crippen molar-refractivity contribution in [3.05, 3.63) is 82.9 Å². The number of aromatic nitrogens is 4. The molecule has 0 atom stereocenters. The molecule has 0 saturated carbocycles. The van der Waals surface area contributed by atoms with Gasteiger partial charge < -0.3 is 15.0 Å². The fraction of sp³-hybridized carbons (Fsp3) is 0.130. The minimum atomic E-state index is -4.52. The smallest absolute Gasteiger partial charge is 0.389 e. The van der Waals surface area contributed by atoms with E-state index in [0.29, 0.717) is 32.1 Å². The van der Waals surface area contributed by atoms with E-state index in [1.165, 1.54) is 28.2 Å². The fourth-order valence-electron chi connectivity index (χ4n) is 3.64. The number of aliphatic hydroxyl groups is 1. The maximum Gasteiger partial charge on any atom is 0.416 e.